The molecule has 0 radical (unpaired) electrons. The summed E-state index contributed by atoms with van der Waals surface area (Å²) in [5.41, 5.74) is 39.4. The molecule has 1 fully saturated rings. The lowest BCUT2D eigenvalue weighted by atomic mass is 10.1. The maximum atomic E-state index is 14.2. The molecule has 0 aromatic carbocycles. The molecule has 73 heavy (non-hydrogen) atoms. The molecule has 8 amide bonds. The third-order valence-corrected chi connectivity index (χ3v) is 11.6. The van der Waals surface area contributed by atoms with Crippen LogP contribution in [0, 0.1) is 0 Å². The number of hydrogen-bond donors (Lipinski definition) is 16. The number of nitrogens with two attached hydrogens (primary N) is 7. The number of carbonyl (C=O) groups excluding carboxylic acids is 8. The number of aromatic amines is 1. The largest absolute Gasteiger partial charge is 0.477 e. The third-order valence-electron chi connectivity index (χ3n) is 11.6. The molecule has 1 aliphatic rings. The fourth-order valence-electron chi connectivity index (χ4n) is 7.55. The van der Waals surface area contributed by atoms with Gasteiger partial charge >= 0.3 is 5.97 Å². The molecule has 2 rings (SSSR count). The number of carboxylic acid groups (broad SMARTS) is 1. The van der Waals surface area contributed by atoms with E-state index in [0.29, 0.717) is 50.8 Å². The second kappa shape index (κ2) is 33.8. The number of aliphatic imine (C=N–C) groups is 1. The molecule has 1 aromatic rings. The minimum atomic E-state index is -1.45. The van der Waals surface area contributed by atoms with Crippen molar-refractivity contribution in [3.63, 3.8) is 0 Å². The van der Waals surface area contributed by atoms with Crippen LogP contribution >= 0.6 is 0 Å². The van der Waals surface area contributed by atoms with Gasteiger partial charge in [-0.15, -0.1) is 0 Å². The fourth-order valence-corrected chi connectivity index (χ4v) is 7.55. The Morgan fingerprint density at radius 1 is 0.836 bits per heavy atom. The van der Waals surface area contributed by atoms with Gasteiger partial charge in [-0.3, -0.25) is 43.3 Å². The summed E-state index contributed by atoms with van der Waals surface area (Å²) in [5.74, 6) is -7.66. The van der Waals surface area contributed by atoms with Gasteiger partial charge in [-0.1, -0.05) is 12.5 Å². The van der Waals surface area contributed by atoms with Crippen molar-refractivity contribution in [2.75, 3.05) is 52.9 Å². The number of hydrogen-bond acceptors (Lipinski definition) is 17. The highest BCUT2D eigenvalue weighted by Gasteiger charge is 2.40. The van der Waals surface area contributed by atoms with E-state index in [4.69, 9.17) is 44.9 Å². The molecule has 2 heterocycles. The molecule has 1 saturated heterocycles. The summed E-state index contributed by atoms with van der Waals surface area (Å²) in [6, 6.07) is -8.42. The average molecular weight is 1040 g/mol. The van der Waals surface area contributed by atoms with E-state index in [1.165, 1.54) is 37.5 Å². The summed E-state index contributed by atoms with van der Waals surface area (Å²) in [5, 5.41) is 27.5. The second-order valence-electron chi connectivity index (χ2n) is 17.3. The molecule has 1 aliphatic heterocycles. The summed E-state index contributed by atoms with van der Waals surface area (Å²) in [4.78, 5) is 132. The second-order valence-corrected chi connectivity index (χ2v) is 17.3. The van der Waals surface area contributed by atoms with Crippen LogP contribution in [0.4, 0.5) is 0 Å². The first-order valence-electron chi connectivity index (χ1n) is 24.3. The molecule has 1 aromatic heterocycles. The van der Waals surface area contributed by atoms with Gasteiger partial charge < -0.3 is 97.1 Å². The maximum Gasteiger partial charge on any atom is 0.352 e. The smallest absolute Gasteiger partial charge is 0.352 e. The Hall–Kier alpha value is -6.79. The number of amides is 8. The quantitative estimate of drug-likeness (QED) is 0.0130. The number of nitrogens with one attached hydrogen (secondary N) is 8. The van der Waals surface area contributed by atoms with E-state index in [9.17, 15) is 48.3 Å². The molecule has 0 spiro atoms. The zero-order valence-electron chi connectivity index (χ0n) is 41.7. The molecule has 410 valence electrons. The van der Waals surface area contributed by atoms with Gasteiger partial charge in [0, 0.05) is 45.1 Å². The molecule has 23 N–H and O–H groups in total. The number of unbranched alkanes of at least 4 members (excludes halogenated alkanes) is 2. The lowest BCUT2D eigenvalue weighted by Gasteiger charge is -2.30. The van der Waals surface area contributed by atoms with Crippen LogP contribution in [0.5, 0.6) is 0 Å². The first-order chi connectivity index (χ1) is 34.8. The molecular formula is C44H78N18O11. The van der Waals surface area contributed by atoms with E-state index in [1.807, 2.05) is 0 Å². The average Bonchev–Trinajstić information content (AvgIpc) is 4.08. The number of H-pyrrole nitrogens is 1. The Morgan fingerprint density at radius 3 is 2.11 bits per heavy atom. The lowest BCUT2D eigenvalue weighted by molar-refractivity contribution is -0.142. The van der Waals surface area contributed by atoms with Crippen molar-refractivity contribution in [3.05, 3.63) is 30.0 Å². The number of guanidine groups is 1. The van der Waals surface area contributed by atoms with E-state index >= 15 is 0 Å². The van der Waals surface area contributed by atoms with Crippen molar-refractivity contribution in [1.29, 1.82) is 0 Å². The van der Waals surface area contributed by atoms with Crippen molar-refractivity contribution >= 4 is 59.2 Å². The van der Waals surface area contributed by atoms with Crippen LogP contribution < -0.4 is 77.4 Å². The predicted octanol–water partition coefficient (Wildman–Crippen LogP) is -6.45. The molecule has 0 saturated carbocycles. The standard InChI is InChI=1S/C44H78N18O11/c1-25(56-41(69)35(33(21-48)73-2)61-37(65)27(49)10-3-5-15-45)36(64)54-23-34(63)57-29(12-7-17-47)42(70)62-19-9-14-32(62)40(68)60-31(20-26-22-52-24-55-26)39(67)58-28(11-4-6-16-46)38(66)59-30(43(71)72)13-8-18-53-44(50)51/h13,22,24-25,27-29,31-33,35H,3-12,14-21,23,45-49H2,1-2H3,(H,52,55)(H,54,64)(H,56,69)(H,57,63)(H,58,67)(H,59,66)(H,60,68)(H,61,65)(H,71,72)(H4,50,51,53)/b30-13-/t25-,27-,28-,29+,31-,32-,33-,35-/m0/s1. The van der Waals surface area contributed by atoms with E-state index < -0.39 is 114 Å². The molecule has 8 atom stereocenters. The summed E-state index contributed by atoms with van der Waals surface area (Å²) >= 11 is 0. The van der Waals surface area contributed by atoms with Crippen molar-refractivity contribution in [3.8, 4) is 0 Å². The van der Waals surface area contributed by atoms with Gasteiger partial charge in [0.1, 0.15) is 41.9 Å². The Bertz CT molecular complexity index is 2020. The monoisotopic (exact) mass is 1030 g/mol. The van der Waals surface area contributed by atoms with E-state index in [-0.39, 0.29) is 77.2 Å². The van der Waals surface area contributed by atoms with E-state index in [2.05, 4.69) is 52.2 Å². The van der Waals surface area contributed by atoms with Crippen LogP contribution in [0.1, 0.15) is 83.2 Å². The minimum Gasteiger partial charge on any atom is -0.477 e. The lowest BCUT2D eigenvalue weighted by Crippen LogP contribution is -2.61. The number of rotatable bonds is 35. The van der Waals surface area contributed by atoms with Gasteiger partial charge in [0.05, 0.1) is 25.0 Å². The van der Waals surface area contributed by atoms with Gasteiger partial charge in [-0.05, 0) is 90.8 Å². The molecule has 0 unspecified atom stereocenters. The van der Waals surface area contributed by atoms with E-state index in [1.54, 1.807) is 0 Å². The van der Waals surface area contributed by atoms with Crippen molar-refractivity contribution in [2.45, 2.75) is 132 Å². The van der Waals surface area contributed by atoms with Crippen LogP contribution in [0.15, 0.2) is 29.3 Å². The Labute approximate surface area is 423 Å². The van der Waals surface area contributed by atoms with Gasteiger partial charge in [-0.25, -0.2) is 9.78 Å². The topological polar surface area (TPSA) is 494 Å². The molecule has 29 heteroatoms. The Balaban J connectivity index is 2.21. The number of carboxylic acids is 1. The van der Waals surface area contributed by atoms with Gasteiger partial charge in [0.2, 0.25) is 47.3 Å². The summed E-state index contributed by atoms with van der Waals surface area (Å²) in [6.45, 7) is 1.56. The first-order valence-corrected chi connectivity index (χ1v) is 24.3. The van der Waals surface area contributed by atoms with Gasteiger partial charge in [-0.2, -0.15) is 0 Å². The highest BCUT2D eigenvalue weighted by molar-refractivity contribution is 5.99. The number of aliphatic carboxylic acids is 1. The van der Waals surface area contributed by atoms with Gasteiger partial charge in [0.15, 0.2) is 5.96 Å². The van der Waals surface area contributed by atoms with Crippen molar-refractivity contribution in [1.82, 2.24) is 52.1 Å². The van der Waals surface area contributed by atoms with Crippen LogP contribution in [-0.4, -0.2) is 180 Å². The maximum absolute atomic E-state index is 14.2. The fraction of sp³-hybridized carbons (Fsp3) is 0.659. The van der Waals surface area contributed by atoms with Crippen molar-refractivity contribution in [2.24, 2.45) is 45.1 Å². The Kier molecular flexibility index (Phi) is 28.8. The number of likely N-dealkylation sites (tertiary alicyclic amines) is 1. The number of carbonyl (C=O) groups is 9. The molecular weight excluding hydrogens is 957 g/mol. The third kappa shape index (κ3) is 22.3. The summed E-state index contributed by atoms with van der Waals surface area (Å²) in [6.07, 6.45) is 6.32. The minimum absolute atomic E-state index is 0.0453. The van der Waals surface area contributed by atoms with Crippen LogP contribution in [0.2, 0.25) is 0 Å². The van der Waals surface area contributed by atoms with Crippen LogP contribution in [-0.2, 0) is 54.3 Å². The number of imidazole rings is 1. The molecule has 0 bridgehead atoms. The highest BCUT2D eigenvalue weighted by atomic mass is 16.5. The number of ether oxygens (including phenoxy) is 1. The normalized spacial score (nSPS) is 16.3. The molecule has 29 nitrogen and oxygen atoms in total. The summed E-state index contributed by atoms with van der Waals surface area (Å²) < 4.78 is 5.30. The SMILES string of the molecule is CO[C@@H](CN)[C@H](NC(=O)[C@@H](N)CCCCN)C(=O)N[C@@H](C)C(=O)NCC(=O)N[C@H](CCCN)C(=O)N1CCC[C@H]1C(=O)N[C@@H](Cc1cnc[nH]1)C(=O)N[C@@H](CCCCN)C(=O)N/C(=C\CCN=C(N)N)C(=O)O. The van der Waals surface area contributed by atoms with Gasteiger partial charge in [0.25, 0.3) is 0 Å². The first kappa shape index (κ1) is 62.3. The van der Waals surface area contributed by atoms with Crippen LogP contribution in [0.25, 0.3) is 0 Å². The summed E-state index contributed by atoms with van der Waals surface area (Å²) in [7, 11) is 1.29. The zero-order valence-corrected chi connectivity index (χ0v) is 41.7. The Morgan fingerprint density at radius 2 is 1.51 bits per heavy atom. The number of methoxy groups -OCH3 is 1. The zero-order chi connectivity index (χ0) is 54.5. The van der Waals surface area contributed by atoms with Crippen molar-refractivity contribution < 1.29 is 53.0 Å². The van der Waals surface area contributed by atoms with E-state index in [0.717, 1.165) is 0 Å². The predicted molar refractivity (Wildman–Crippen MR) is 266 cm³/mol. The number of nitrogens with zero attached hydrogens (tertiary/aromatic N) is 3. The highest BCUT2D eigenvalue weighted by Crippen LogP contribution is 2.20. The molecule has 0 aliphatic carbocycles. The van der Waals surface area contributed by atoms with Crippen LogP contribution in [0.3, 0.4) is 0 Å². The number of aromatic nitrogens is 2.